The van der Waals surface area contributed by atoms with E-state index in [4.69, 9.17) is 4.74 Å². The molecule has 7 nitrogen and oxygen atoms in total. The van der Waals surface area contributed by atoms with Crippen molar-refractivity contribution in [2.75, 3.05) is 26.7 Å². The van der Waals surface area contributed by atoms with Crippen molar-refractivity contribution < 1.29 is 14.3 Å². The van der Waals surface area contributed by atoms with Gasteiger partial charge in [-0.3, -0.25) is 9.59 Å². The van der Waals surface area contributed by atoms with E-state index in [1.807, 2.05) is 71.1 Å². The third kappa shape index (κ3) is 4.23. The van der Waals surface area contributed by atoms with Crippen molar-refractivity contribution in [2.24, 2.45) is 0 Å². The van der Waals surface area contributed by atoms with Crippen molar-refractivity contribution in [3.8, 4) is 5.75 Å². The molecule has 2 amide bonds. The average molecular weight is 433 g/mol. The van der Waals surface area contributed by atoms with Crippen LogP contribution in [0.3, 0.4) is 0 Å². The van der Waals surface area contributed by atoms with Crippen LogP contribution in [0.5, 0.6) is 5.75 Å². The Morgan fingerprint density at radius 3 is 2.56 bits per heavy atom. The summed E-state index contributed by atoms with van der Waals surface area (Å²) in [7, 11) is 1.62. The van der Waals surface area contributed by atoms with Gasteiger partial charge in [0.05, 0.1) is 13.2 Å². The molecule has 1 aromatic heterocycles. The summed E-state index contributed by atoms with van der Waals surface area (Å²) in [5.74, 6) is 1.57. The highest BCUT2D eigenvalue weighted by molar-refractivity contribution is 5.96. The molecule has 0 unspecified atom stereocenters. The lowest BCUT2D eigenvalue weighted by Crippen LogP contribution is -2.52. The Kier molecular flexibility index (Phi) is 6.25. The van der Waals surface area contributed by atoms with Gasteiger partial charge in [-0.2, -0.15) is 0 Å². The summed E-state index contributed by atoms with van der Waals surface area (Å²) < 4.78 is 7.61. The van der Waals surface area contributed by atoms with Gasteiger partial charge >= 0.3 is 0 Å². The van der Waals surface area contributed by atoms with Gasteiger partial charge in [-0.05, 0) is 24.6 Å². The van der Waals surface area contributed by atoms with Crippen LogP contribution in [0, 0.1) is 6.92 Å². The smallest absolute Gasteiger partial charge is 0.254 e. The highest BCUT2D eigenvalue weighted by Crippen LogP contribution is 2.33. The largest absolute Gasteiger partial charge is 0.496 e. The summed E-state index contributed by atoms with van der Waals surface area (Å²) in [4.78, 5) is 33.9. The molecule has 2 heterocycles. The molecule has 166 valence electrons. The summed E-state index contributed by atoms with van der Waals surface area (Å²) >= 11 is 0. The normalized spacial score (nSPS) is 16.2. The number of imidazole rings is 1. The number of carbonyl (C=O) groups excluding carboxylic acids is 2. The summed E-state index contributed by atoms with van der Waals surface area (Å²) in [5, 5.41) is 0. The van der Waals surface area contributed by atoms with E-state index in [1.165, 1.54) is 0 Å². The molecule has 1 aliphatic rings. The van der Waals surface area contributed by atoms with E-state index in [9.17, 15) is 9.59 Å². The van der Waals surface area contributed by atoms with Crippen LogP contribution >= 0.6 is 0 Å². The first-order valence-corrected chi connectivity index (χ1v) is 10.7. The first-order chi connectivity index (χ1) is 15.5. The number of para-hydroxylation sites is 1. The summed E-state index contributed by atoms with van der Waals surface area (Å²) in [6, 6.07) is 15.1. The lowest BCUT2D eigenvalue weighted by Gasteiger charge is -2.42. The zero-order chi connectivity index (χ0) is 22.7. The minimum absolute atomic E-state index is 0.00739. The van der Waals surface area contributed by atoms with Gasteiger partial charge in [0.1, 0.15) is 11.6 Å². The van der Waals surface area contributed by atoms with Crippen LogP contribution in [0.15, 0.2) is 60.9 Å². The molecule has 0 saturated carbocycles. The van der Waals surface area contributed by atoms with Crippen LogP contribution in [0.2, 0.25) is 0 Å². The van der Waals surface area contributed by atoms with Gasteiger partial charge in [0, 0.05) is 56.6 Å². The molecule has 4 rings (SSSR count). The maximum absolute atomic E-state index is 13.9. The second kappa shape index (κ2) is 9.26. The van der Waals surface area contributed by atoms with Crippen molar-refractivity contribution in [1.82, 2.24) is 19.4 Å². The molecular formula is C25H28N4O3. The number of rotatable bonds is 5. The van der Waals surface area contributed by atoms with Crippen LogP contribution in [-0.4, -0.2) is 57.9 Å². The van der Waals surface area contributed by atoms with E-state index in [0.29, 0.717) is 37.5 Å². The molecule has 0 spiro atoms. The van der Waals surface area contributed by atoms with Crippen molar-refractivity contribution >= 4 is 11.8 Å². The lowest BCUT2D eigenvalue weighted by molar-refractivity contribution is -0.131. The van der Waals surface area contributed by atoms with Crippen LogP contribution < -0.4 is 4.74 Å². The predicted molar refractivity (Wildman–Crippen MR) is 122 cm³/mol. The fourth-order valence-electron chi connectivity index (χ4n) is 4.30. The fourth-order valence-corrected chi connectivity index (χ4v) is 4.30. The second-order valence-electron chi connectivity index (χ2n) is 7.98. The molecule has 1 fully saturated rings. The topological polar surface area (TPSA) is 67.7 Å². The molecule has 2 aromatic carbocycles. The Balaban J connectivity index is 1.70. The van der Waals surface area contributed by atoms with Crippen molar-refractivity contribution in [3.63, 3.8) is 0 Å². The molecule has 0 N–H and O–H groups in total. The van der Waals surface area contributed by atoms with Gasteiger partial charge in [0.25, 0.3) is 5.91 Å². The van der Waals surface area contributed by atoms with E-state index >= 15 is 0 Å². The van der Waals surface area contributed by atoms with E-state index in [-0.39, 0.29) is 17.9 Å². The highest BCUT2D eigenvalue weighted by atomic mass is 16.5. The molecule has 1 aliphatic heterocycles. The molecule has 0 bridgehead atoms. The van der Waals surface area contributed by atoms with E-state index in [0.717, 1.165) is 17.0 Å². The Morgan fingerprint density at radius 2 is 1.84 bits per heavy atom. The van der Waals surface area contributed by atoms with Crippen LogP contribution in [0.25, 0.3) is 0 Å². The third-order valence-corrected chi connectivity index (χ3v) is 6.10. The Morgan fingerprint density at radius 1 is 1.09 bits per heavy atom. The number of nitrogens with zero attached hydrogens (tertiary/aromatic N) is 4. The van der Waals surface area contributed by atoms with E-state index in [2.05, 4.69) is 4.98 Å². The van der Waals surface area contributed by atoms with Gasteiger partial charge < -0.3 is 19.1 Å². The van der Waals surface area contributed by atoms with E-state index < -0.39 is 0 Å². The number of piperazine rings is 1. The quantitative estimate of drug-likeness (QED) is 0.621. The van der Waals surface area contributed by atoms with Crippen molar-refractivity contribution in [2.45, 2.75) is 26.4 Å². The first-order valence-electron chi connectivity index (χ1n) is 10.7. The predicted octanol–water partition coefficient (Wildman–Crippen LogP) is 3.29. The summed E-state index contributed by atoms with van der Waals surface area (Å²) in [6.45, 7) is 5.49. The zero-order valence-electron chi connectivity index (χ0n) is 18.7. The van der Waals surface area contributed by atoms with Crippen LogP contribution in [-0.2, 0) is 11.3 Å². The Labute approximate surface area is 188 Å². The van der Waals surface area contributed by atoms with Gasteiger partial charge in [0.15, 0.2) is 0 Å². The molecule has 0 radical (unpaired) electrons. The standard InChI is InChI=1S/C25H28N4O3/c1-18-26-12-13-27(18)16-20-8-4-5-9-21(20)25(31)29-15-14-28(19(2)30)17-23(29)22-10-6-7-11-24(22)32-3/h4-13,23H,14-17H2,1-3H3/t23-/m0/s1. The van der Waals surface area contributed by atoms with Gasteiger partial charge in [-0.25, -0.2) is 4.98 Å². The van der Waals surface area contributed by atoms with Crippen molar-refractivity contribution in [1.29, 1.82) is 0 Å². The molecular weight excluding hydrogens is 404 g/mol. The monoisotopic (exact) mass is 432 g/mol. The van der Waals surface area contributed by atoms with Crippen LogP contribution in [0.1, 0.15) is 40.3 Å². The maximum Gasteiger partial charge on any atom is 0.254 e. The Bertz CT molecular complexity index is 1120. The third-order valence-electron chi connectivity index (χ3n) is 6.10. The minimum atomic E-state index is -0.292. The summed E-state index contributed by atoms with van der Waals surface area (Å²) in [5.41, 5.74) is 2.50. The number of hydrogen-bond acceptors (Lipinski definition) is 4. The lowest BCUT2D eigenvalue weighted by atomic mass is 9.98. The number of aryl methyl sites for hydroxylation is 1. The molecule has 3 aromatic rings. The number of carbonyl (C=O) groups is 2. The fraction of sp³-hybridized carbons (Fsp3) is 0.320. The van der Waals surface area contributed by atoms with Gasteiger partial charge in [-0.15, -0.1) is 0 Å². The van der Waals surface area contributed by atoms with Gasteiger partial charge in [0.2, 0.25) is 5.91 Å². The molecule has 32 heavy (non-hydrogen) atoms. The minimum Gasteiger partial charge on any atom is -0.496 e. The molecule has 7 heteroatoms. The van der Waals surface area contributed by atoms with Crippen molar-refractivity contribution in [3.05, 3.63) is 83.4 Å². The number of ether oxygens (including phenoxy) is 1. The number of methoxy groups -OCH3 is 1. The summed E-state index contributed by atoms with van der Waals surface area (Å²) in [6.07, 6.45) is 3.68. The Hall–Kier alpha value is -3.61. The SMILES string of the molecule is COc1ccccc1[C@@H]1CN(C(C)=O)CCN1C(=O)c1ccccc1Cn1ccnc1C. The molecule has 1 saturated heterocycles. The number of hydrogen-bond donors (Lipinski definition) is 0. The van der Waals surface area contributed by atoms with Gasteiger partial charge in [-0.1, -0.05) is 36.4 Å². The zero-order valence-corrected chi connectivity index (χ0v) is 18.7. The number of benzene rings is 2. The van der Waals surface area contributed by atoms with Crippen LogP contribution in [0.4, 0.5) is 0 Å². The molecule has 1 atom stereocenters. The first kappa shape index (κ1) is 21.6. The number of amides is 2. The molecule has 0 aliphatic carbocycles. The average Bonchev–Trinajstić information content (AvgIpc) is 3.22. The van der Waals surface area contributed by atoms with E-state index in [1.54, 1.807) is 25.1 Å². The number of aromatic nitrogens is 2. The maximum atomic E-state index is 13.9. The second-order valence-corrected chi connectivity index (χ2v) is 7.98. The highest BCUT2D eigenvalue weighted by Gasteiger charge is 2.35.